The molecule has 3 rings (SSSR count). The molecule has 0 saturated heterocycles. The van der Waals surface area contributed by atoms with E-state index in [1.54, 1.807) is 0 Å². The number of para-hydroxylation sites is 1. The SMILES string of the molecule is O=C(CC1(O)CCCC1)Nc1ccccc1-c1ccccc1. The number of carbonyl (C=O) groups excluding carboxylic acids is 1. The summed E-state index contributed by atoms with van der Waals surface area (Å²) >= 11 is 0. The minimum absolute atomic E-state index is 0.118. The number of anilines is 1. The topological polar surface area (TPSA) is 49.3 Å². The molecule has 0 unspecified atom stereocenters. The number of nitrogens with one attached hydrogen (secondary N) is 1. The Bertz CT molecular complexity index is 645. The number of aliphatic hydroxyl groups is 1. The van der Waals surface area contributed by atoms with Crippen molar-refractivity contribution in [1.29, 1.82) is 0 Å². The Hall–Kier alpha value is -2.13. The summed E-state index contributed by atoms with van der Waals surface area (Å²) in [6, 6.07) is 17.7. The second kappa shape index (κ2) is 6.32. The Morgan fingerprint density at radius 3 is 2.36 bits per heavy atom. The van der Waals surface area contributed by atoms with Gasteiger partial charge in [-0.05, 0) is 24.5 Å². The van der Waals surface area contributed by atoms with Gasteiger partial charge in [0.1, 0.15) is 0 Å². The molecule has 114 valence electrons. The second-order valence-electron chi connectivity index (χ2n) is 6.07. The van der Waals surface area contributed by atoms with Gasteiger partial charge in [-0.3, -0.25) is 4.79 Å². The van der Waals surface area contributed by atoms with Crippen molar-refractivity contribution in [3.05, 3.63) is 54.6 Å². The molecule has 0 aliphatic heterocycles. The summed E-state index contributed by atoms with van der Waals surface area (Å²) in [6.45, 7) is 0. The van der Waals surface area contributed by atoms with Crippen molar-refractivity contribution in [2.45, 2.75) is 37.7 Å². The van der Waals surface area contributed by atoms with Gasteiger partial charge in [0.2, 0.25) is 5.91 Å². The van der Waals surface area contributed by atoms with E-state index in [1.165, 1.54) is 0 Å². The van der Waals surface area contributed by atoms with Crippen LogP contribution in [0.15, 0.2) is 54.6 Å². The van der Waals surface area contributed by atoms with Crippen LogP contribution in [-0.2, 0) is 4.79 Å². The van der Waals surface area contributed by atoms with Gasteiger partial charge in [-0.25, -0.2) is 0 Å². The zero-order valence-corrected chi connectivity index (χ0v) is 12.6. The van der Waals surface area contributed by atoms with Gasteiger partial charge in [-0.15, -0.1) is 0 Å². The summed E-state index contributed by atoms with van der Waals surface area (Å²) in [4.78, 5) is 12.3. The third-order valence-corrected chi connectivity index (χ3v) is 4.31. The number of benzene rings is 2. The number of hydrogen-bond acceptors (Lipinski definition) is 2. The second-order valence-corrected chi connectivity index (χ2v) is 6.07. The zero-order chi connectivity index (χ0) is 15.4. The van der Waals surface area contributed by atoms with Gasteiger partial charge in [0, 0.05) is 11.3 Å². The summed E-state index contributed by atoms with van der Waals surface area (Å²) in [5.41, 5.74) is 2.04. The molecule has 1 aliphatic rings. The first-order valence-corrected chi connectivity index (χ1v) is 7.83. The first kappa shape index (κ1) is 14.8. The lowest BCUT2D eigenvalue weighted by Gasteiger charge is -2.21. The van der Waals surface area contributed by atoms with Crippen molar-refractivity contribution in [2.24, 2.45) is 0 Å². The van der Waals surface area contributed by atoms with E-state index in [0.717, 1.165) is 42.5 Å². The first-order chi connectivity index (χ1) is 10.7. The van der Waals surface area contributed by atoms with Gasteiger partial charge < -0.3 is 10.4 Å². The van der Waals surface area contributed by atoms with Gasteiger partial charge in [0.15, 0.2) is 0 Å². The van der Waals surface area contributed by atoms with Crippen molar-refractivity contribution in [3.63, 3.8) is 0 Å². The highest BCUT2D eigenvalue weighted by Crippen LogP contribution is 2.33. The monoisotopic (exact) mass is 295 g/mol. The summed E-state index contributed by atoms with van der Waals surface area (Å²) in [5, 5.41) is 13.3. The number of carbonyl (C=O) groups is 1. The van der Waals surface area contributed by atoms with Crippen LogP contribution in [0.2, 0.25) is 0 Å². The first-order valence-electron chi connectivity index (χ1n) is 7.83. The van der Waals surface area contributed by atoms with Gasteiger partial charge in [0.25, 0.3) is 0 Å². The minimum Gasteiger partial charge on any atom is -0.389 e. The molecule has 2 aromatic carbocycles. The van der Waals surface area contributed by atoms with Gasteiger partial charge in [-0.2, -0.15) is 0 Å². The molecule has 0 bridgehead atoms. The van der Waals surface area contributed by atoms with E-state index in [1.807, 2.05) is 54.6 Å². The smallest absolute Gasteiger partial charge is 0.227 e. The predicted octanol–water partition coefficient (Wildman–Crippen LogP) is 3.99. The molecule has 2 aromatic rings. The fourth-order valence-corrected chi connectivity index (χ4v) is 3.16. The summed E-state index contributed by atoms with van der Waals surface area (Å²) in [7, 11) is 0. The van der Waals surface area contributed by atoms with Gasteiger partial charge >= 0.3 is 0 Å². The number of hydrogen-bond donors (Lipinski definition) is 2. The van der Waals surface area contributed by atoms with Crippen LogP contribution >= 0.6 is 0 Å². The molecule has 3 nitrogen and oxygen atoms in total. The molecule has 0 heterocycles. The number of amides is 1. The number of rotatable bonds is 4. The van der Waals surface area contributed by atoms with Crippen LogP contribution in [0, 0.1) is 0 Å². The molecule has 2 N–H and O–H groups in total. The Kier molecular flexibility index (Phi) is 4.25. The molecule has 1 amide bonds. The molecular formula is C19H21NO2. The van der Waals surface area contributed by atoms with E-state index in [9.17, 15) is 9.90 Å². The van der Waals surface area contributed by atoms with E-state index in [4.69, 9.17) is 0 Å². The maximum absolute atomic E-state index is 12.3. The largest absolute Gasteiger partial charge is 0.389 e. The van der Waals surface area contributed by atoms with E-state index in [2.05, 4.69) is 5.32 Å². The third-order valence-electron chi connectivity index (χ3n) is 4.31. The average Bonchev–Trinajstić information content (AvgIpc) is 2.94. The minimum atomic E-state index is -0.814. The fraction of sp³-hybridized carbons (Fsp3) is 0.316. The van der Waals surface area contributed by atoms with Crippen molar-refractivity contribution in [1.82, 2.24) is 0 Å². The molecule has 1 aliphatic carbocycles. The van der Waals surface area contributed by atoms with Crippen LogP contribution in [0.4, 0.5) is 5.69 Å². The highest BCUT2D eigenvalue weighted by molar-refractivity contribution is 5.95. The van der Waals surface area contributed by atoms with Crippen LogP contribution in [0.25, 0.3) is 11.1 Å². The van der Waals surface area contributed by atoms with E-state index in [0.29, 0.717) is 0 Å². The van der Waals surface area contributed by atoms with E-state index >= 15 is 0 Å². The molecule has 3 heteroatoms. The summed E-state index contributed by atoms with van der Waals surface area (Å²) in [6.07, 6.45) is 3.63. The lowest BCUT2D eigenvalue weighted by Crippen LogP contribution is -2.30. The van der Waals surface area contributed by atoms with Gasteiger partial charge in [0.05, 0.1) is 12.0 Å². The molecule has 0 spiro atoms. The summed E-state index contributed by atoms with van der Waals surface area (Å²) in [5.74, 6) is -0.118. The van der Waals surface area contributed by atoms with E-state index in [-0.39, 0.29) is 12.3 Å². The van der Waals surface area contributed by atoms with Crippen molar-refractivity contribution in [2.75, 3.05) is 5.32 Å². The molecule has 0 radical (unpaired) electrons. The Balaban J connectivity index is 1.77. The molecule has 0 aromatic heterocycles. The van der Waals surface area contributed by atoms with Crippen LogP contribution in [0.3, 0.4) is 0 Å². The maximum Gasteiger partial charge on any atom is 0.227 e. The maximum atomic E-state index is 12.3. The van der Waals surface area contributed by atoms with Crippen molar-refractivity contribution in [3.8, 4) is 11.1 Å². The molecule has 22 heavy (non-hydrogen) atoms. The standard InChI is InChI=1S/C19H21NO2/c21-18(14-19(22)12-6-7-13-19)20-17-11-5-4-10-16(17)15-8-2-1-3-9-15/h1-5,8-11,22H,6-7,12-14H2,(H,20,21). The zero-order valence-electron chi connectivity index (χ0n) is 12.6. The normalized spacial score (nSPS) is 16.4. The van der Waals surface area contributed by atoms with Crippen LogP contribution < -0.4 is 5.32 Å². The predicted molar refractivity (Wildman–Crippen MR) is 88.5 cm³/mol. The molecule has 0 atom stereocenters. The lowest BCUT2D eigenvalue weighted by atomic mass is 9.97. The average molecular weight is 295 g/mol. The lowest BCUT2D eigenvalue weighted by molar-refractivity contribution is -0.120. The molecule has 1 saturated carbocycles. The Morgan fingerprint density at radius 2 is 1.64 bits per heavy atom. The summed E-state index contributed by atoms with van der Waals surface area (Å²) < 4.78 is 0. The van der Waals surface area contributed by atoms with Crippen LogP contribution in [0.5, 0.6) is 0 Å². The highest BCUT2D eigenvalue weighted by Gasteiger charge is 2.33. The highest BCUT2D eigenvalue weighted by atomic mass is 16.3. The van der Waals surface area contributed by atoms with Gasteiger partial charge in [-0.1, -0.05) is 61.4 Å². The van der Waals surface area contributed by atoms with Crippen molar-refractivity contribution >= 4 is 11.6 Å². The Labute approximate surface area is 131 Å². The quantitative estimate of drug-likeness (QED) is 0.896. The van der Waals surface area contributed by atoms with Crippen molar-refractivity contribution < 1.29 is 9.90 Å². The third kappa shape index (κ3) is 3.37. The fourth-order valence-electron chi connectivity index (χ4n) is 3.16. The van der Waals surface area contributed by atoms with E-state index < -0.39 is 5.60 Å². The molecule has 1 fully saturated rings. The van der Waals surface area contributed by atoms with Crippen LogP contribution in [-0.4, -0.2) is 16.6 Å². The van der Waals surface area contributed by atoms with Crippen LogP contribution in [0.1, 0.15) is 32.1 Å². The molecular weight excluding hydrogens is 274 g/mol. The Morgan fingerprint density at radius 1 is 1.00 bits per heavy atom.